The molecule has 24 heavy (non-hydrogen) atoms. The summed E-state index contributed by atoms with van der Waals surface area (Å²) >= 11 is 6.49. The molecule has 0 saturated carbocycles. The number of carbonyl (C=O) groups is 2. The summed E-state index contributed by atoms with van der Waals surface area (Å²) in [6.45, 7) is 3.94. The van der Waals surface area contributed by atoms with Gasteiger partial charge in [0.05, 0.1) is 17.3 Å². The molecule has 0 radical (unpaired) electrons. The number of hydrogen-bond donors (Lipinski definition) is 1. The Hall–Kier alpha value is -2.41. The van der Waals surface area contributed by atoms with Crippen molar-refractivity contribution >= 4 is 40.3 Å². The number of esters is 1. The summed E-state index contributed by atoms with van der Waals surface area (Å²) < 4.78 is 10.4. The van der Waals surface area contributed by atoms with E-state index in [1.54, 1.807) is 19.1 Å². The number of halogens is 1. The van der Waals surface area contributed by atoms with E-state index < -0.39 is 12.1 Å². The van der Waals surface area contributed by atoms with Gasteiger partial charge in [-0.25, -0.2) is 9.59 Å². The van der Waals surface area contributed by atoms with E-state index in [1.165, 1.54) is 4.90 Å². The van der Waals surface area contributed by atoms with Crippen LogP contribution in [0, 0.1) is 0 Å². The van der Waals surface area contributed by atoms with Crippen molar-refractivity contribution < 1.29 is 23.8 Å². The third-order valence-corrected chi connectivity index (χ3v) is 4.38. The standard InChI is InChI=1S/C16H17ClN2O5/c1-2-23-15(20)13-9-10-12(24-13)4-3-11(14(10)17)18-5-7-19(8-6-18)16(21)22/h3-4,9H,2,5-8H2,1H3,(H,21,22). The summed E-state index contributed by atoms with van der Waals surface area (Å²) in [5, 5.41) is 10.1. The van der Waals surface area contributed by atoms with Crippen molar-refractivity contribution in [2.75, 3.05) is 37.7 Å². The molecule has 8 heteroatoms. The summed E-state index contributed by atoms with van der Waals surface area (Å²) in [5.74, 6) is -0.414. The molecule has 1 aliphatic rings. The maximum absolute atomic E-state index is 11.8. The fraction of sp³-hybridized carbons (Fsp3) is 0.375. The first-order chi connectivity index (χ1) is 11.5. The molecule has 1 aromatic carbocycles. The number of benzene rings is 1. The molecule has 1 saturated heterocycles. The minimum absolute atomic E-state index is 0.113. The molecule has 0 atom stereocenters. The van der Waals surface area contributed by atoms with Crippen molar-refractivity contribution in [1.82, 2.24) is 4.90 Å². The summed E-state index contributed by atoms with van der Waals surface area (Å²) in [4.78, 5) is 26.2. The van der Waals surface area contributed by atoms with Crippen LogP contribution in [0.1, 0.15) is 17.5 Å². The molecule has 1 amide bonds. The van der Waals surface area contributed by atoms with Gasteiger partial charge in [0.15, 0.2) is 0 Å². The van der Waals surface area contributed by atoms with Gasteiger partial charge in [0.1, 0.15) is 5.58 Å². The first-order valence-corrected chi connectivity index (χ1v) is 8.01. The van der Waals surface area contributed by atoms with E-state index in [0.717, 1.165) is 5.69 Å². The highest BCUT2D eigenvalue weighted by Gasteiger charge is 2.23. The molecule has 3 rings (SSSR count). The van der Waals surface area contributed by atoms with Crippen molar-refractivity contribution in [3.05, 3.63) is 29.0 Å². The molecule has 7 nitrogen and oxygen atoms in total. The highest BCUT2D eigenvalue weighted by molar-refractivity contribution is 6.38. The van der Waals surface area contributed by atoms with Crippen LogP contribution in [-0.2, 0) is 4.74 Å². The molecule has 0 bridgehead atoms. The summed E-state index contributed by atoms with van der Waals surface area (Å²) in [6, 6.07) is 5.15. The Morgan fingerprint density at radius 2 is 2.00 bits per heavy atom. The molecule has 2 heterocycles. The number of rotatable bonds is 3. The fourth-order valence-electron chi connectivity index (χ4n) is 2.75. The Morgan fingerprint density at radius 3 is 2.62 bits per heavy atom. The largest absolute Gasteiger partial charge is 0.465 e. The maximum Gasteiger partial charge on any atom is 0.407 e. The van der Waals surface area contributed by atoms with Crippen LogP contribution >= 0.6 is 11.6 Å². The molecule has 0 aliphatic carbocycles. The minimum atomic E-state index is -0.912. The number of carbonyl (C=O) groups excluding carboxylic acids is 1. The molecule has 0 unspecified atom stereocenters. The zero-order valence-corrected chi connectivity index (χ0v) is 13.9. The molecule has 2 aromatic rings. The number of amides is 1. The zero-order chi connectivity index (χ0) is 17.3. The number of hydrogen-bond acceptors (Lipinski definition) is 5. The number of fused-ring (bicyclic) bond motifs is 1. The number of nitrogens with zero attached hydrogens (tertiary/aromatic N) is 2. The fourth-order valence-corrected chi connectivity index (χ4v) is 3.08. The summed E-state index contributed by atoms with van der Waals surface area (Å²) in [6.07, 6.45) is -0.912. The lowest BCUT2D eigenvalue weighted by atomic mass is 10.2. The topological polar surface area (TPSA) is 83.2 Å². The second kappa shape index (κ2) is 6.60. The maximum atomic E-state index is 11.8. The Morgan fingerprint density at radius 1 is 1.29 bits per heavy atom. The second-order valence-electron chi connectivity index (χ2n) is 5.40. The van der Waals surface area contributed by atoms with Gasteiger partial charge in [0.2, 0.25) is 5.76 Å². The first-order valence-electron chi connectivity index (χ1n) is 7.63. The van der Waals surface area contributed by atoms with Crippen molar-refractivity contribution in [2.24, 2.45) is 0 Å². The number of anilines is 1. The molecule has 0 spiro atoms. The smallest absolute Gasteiger partial charge is 0.407 e. The van der Waals surface area contributed by atoms with Gasteiger partial charge in [-0.15, -0.1) is 0 Å². The first kappa shape index (κ1) is 16.4. The predicted molar refractivity (Wildman–Crippen MR) is 89.0 cm³/mol. The molecular weight excluding hydrogens is 336 g/mol. The highest BCUT2D eigenvalue weighted by Crippen LogP contribution is 2.36. The third kappa shape index (κ3) is 2.99. The van der Waals surface area contributed by atoms with Crippen LogP contribution in [0.4, 0.5) is 10.5 Å². The van der Waals surface area contributed by atoms with Crippen molar-refractivity contribution in [3.63, 3.8) is 0 Å². The molecule has 1 fully saturated rings. The van der Waals surface area contributed by atoms with Gasteiger partial charge in [-0.1, -0.05) is 11.6 Å². The van der Waals surface area contributed by atoms with Crippen molar-refractivity contribution in [1.29, 1.82) is 0 Å². The second-order valence-corrected chi connectivity index (χ2v) is 5.78. The monoisotopic (exact) mass is 352 g/mol. The summed E-state index contributed by atoms with van der Waals surface area (Å²) in [7, 11) is 0. The molecule has 1 aromatic heterocycles. The van der Waals surface area contributed by atoms with E-state index in [-0.39, 0.29) is 12.4 Å². The Balaban J connectivity index is 1.86. The third-order valence-electron chi connectivity index (χ3n) is 3.98. The van der Waals surface area contributed by atoms with Gasteiger partial charge >= 0.3 is 12.1 Å². The lowest BCUT2D eigenvalue weighted by Crippen LogP contribution is -2.48. The molecule has 1 aliphatic heterocycles. The normalized spacial score (nSPS) is 14.9. The number of piperazine rings is 1. The Kier molecular flexibility index (Phi) is 4.53. The van der Waals surface area contributed by atoms with Gasteiger partial charge in [-0.2, -0.15) is 0 Å². The van der Waals surface area contributed by atoms with Crippen molar-refractivity contribution in [2.45, 2.75) is 6.92 Å². The van der Waals surface area contributed by atoms with Crippen LogP contribution in [0.3, 0.4) is 0 Å². The van der Waals surface area contributed by atoms with Gasteiger partial charge in [-0.3, -0.25) is 0 Å². The minimum Gasteiger partial charge on any atom is -0.465 e. The van der Waals surface area contributed by atoms with Gasteiger partial charge in [-0.05, 0) is 19.1 Å². The van der Waals surface area contributed by atoms with Crippen LogP contribution in [0.15, 0.2) is 22.6 Å². The van der Waals surface area contributed by atoms with Crippen molar-refractivity contribution in [3.8, 4) is 0 Å². The molecule has 1 N–H and O–H groups in total. The average Bonchev–Trinajstić information content (AvgIpc) is 3.01. The molecule has 128 valence electrons. The summed E-state index contributed by atoms with van der Waals surface area (Å²) in [5.41, 5.74) is 1.31. The van der Waals surface area contributed by atoms with Gasteiger partial charge < -0.3 is 24.1 Å². The number of ether oxygens (including phenoxy) is 1. The lowest BCUT2D eigenvalue weighted by Gasteiger charge is -2.35. The van der Waals surface area contributed by atoms with Gasteiger partial charge in [0.25, 0.3) is 0 Å². The van der Waals surface area contributed by atoms with E-state index in [2.05, 4.69) is 0 Å². The van der Waals surface area contributed by atoms with Crippen LogP contribution in [0.5, 0.6) is 0 Å². The zero-order valence-electron chi connectivity index (χ0n) is 13.1. The highest BCUT2D eigenvalue weighted by atomic mass is 35.5. The van der Waals surface area contributed by atoms with Crippen LogP contribution in [0.2, 0.25) is 5.02 Å². The van der Waals surface area contributed by atoms with E-state index in [1.807, 2.05) is 11.0 Å². The predicted octanol–water partition coefficient (Wildman–Crippen LogP) is 3.06. The average molecular weight is 353 g/mol. The Labute approximate surface area is 143 Å². The van der Waals surface area contributed by atoms with E-state index in [4.69, 9.17) is 25.9 Å². The molecular formula is C16H17ClN2O5. The van der Waals surface area contributed by atoms with Gasteiger partial charge in [0, 0.05) is 37.6 Å². The quantitative estimate of drug-likeness (QED) is 0.855. The lowest BCUT2D eigenvalue weighted by molar-refractivity contribution is 0.0492. The SMILES string of the molecule is CCOC(=O)c1cc2c(Cl)c(N3CCN(C(=O)O)CC3)ccc2o1. The van der Waals surface area contributed by atoms with Crippen LogP contribution in [-0.4, -0.2) is 54.9 Å². The van der Waals surface area contributed by atoms with Crippen LogP contribution < -0.4 is 4.90 Å². The Bertz CT molecular complexity index is 780. The van der Waals surface area contributed by atoms with E-state index >= 15 is 0 Å². The van der Waals surface area contributed by atoms with E-state index in [9.17, 15) is 9.59 Å². The number of carboxylic acid groups (broad SMARTS) is 1. The van der Waals surface area contributed by atoms with Crippen LogP contribution in [0.25, 0.3) is 11.0 Å². The van der Waals surface area contributed by atoms with E-state index in [0.29, 0.717) is 42.2 Å². The number of furan rings is 1.